The summed E-state index contributed by atoms with van der Waals surface area (Å²) in [5.41, 5.74) is 3.58. The van der Waals surface area contributed by atoms with Gasteiger partial charge in [0.1, 0.15) is 22.8 Å². The quantitative estimate of drug-likeness (QED) is 0.774. The van der Waals surface area contributed by atoms with E-state index in [9.17, 15) is 4.79 Å². The van der Waals surface area contributed by atoms with Crippen molar-refractivity contribution in [2.75, 3.05) is 7.11 Å². The van der Waals surface area contributed by atoms with Gasteiger partial charge in [-0.05, 0) is 38.5 Å². The summed E-state index contributed by atoms with van der Waals surface area (Å²) in [6.45, 7) is 5.70. The van der Waals surface area contributed by atoms with Crippen molar-refractivity contribution in [3.05, 3.63) is 41.7 Å². The summed E-state index contributed by atoms with van der Waals surface area (Å²) in [6, 6.07) is 7.14. The van der Waals surface area contributed by atoms with Crippen LogP contribution in [0.5, 0.6) is 5.75 Å². The molecule has 1 N–H and O–H groups in total. The molecule has 132 valence electrons. The van der Waals surface area contributed by atoms with Crippen LogP contribution in [0.2, 0.25) is 0 Å². The van der Waals surface area contributed by atoms with Gasteiger partial charge in [-0.3, -0.25) is 14.2 Å². The highest BCUT2D eigenvalue weighted by Gasteiger charge is 2.21. The molecule has 2 atom stereocenters. The molecule has 0 aliphatic carbocycles. The van der Waals surface area contributed by atoms with Gasteiger partial charge in [0.15, 0.2) is 0 Å². The molecule has 25 heavy (non-hydrogen) atoms. The van der Waals surface area contributed by atoms with E-state index in [0.717, 1.165) is 28.0 Å². The molecule has 0 unspecified atom stereocenters. The van der Waals surface area contributed by atoms with Crippen molar-refractivity contribution >= 4 is 16.9 Å². The van der Waals surface area contributed by atoms with Crippen molar-refractivity contribution in [2.45, 2.75) is 32.9 Å². The Morgan fingerprint density at radius 3 is 2.72 bits per heavy atom. The second-order valence-electron chi connectivity index (χ2n) is 6.23. The highest BCUT2D eigenvalue weighted by molar-refractivity contribution is 5.82. The predicted molar refractivity (Wildman–Crippen MR) is 95.5 cm³/mol. The molecule has 2 heterocycles. The number of hydrogen-bond acceptors (Lipinski definition) is 4. The van der Waals surface area contributed by atoms with E-state index in [1.54, 1.807) is 16.5 Å². The standard InChI is InChI=1S/C18H23N5O2/c1-11(14-7-6-8-15(9-14)25-5)19-18(24)13(3)23-10-16-17(21-23)12(2)20-22(16)4/h6-11,13H,1-5H3,(H,19,24)/t11-,13-/m1/s1. The smallest absolute Gasteiger partial charge is 0.245 e. The van der Waals surface area contributed by atoms with Gasteiger partial charge in [-0.1, -0.05) is 12.1 Å². The molecular weight excluding hydrogens is 318 g/mol. The number of methoxy groups -OCH3 is 1. The molecule has 0 saturated heterocycles. The summed E-state index contributed by atoms with van der Waals surface area (Å²) in [4.78, 5) is 12.6. The van der Waals surface area contributed by atoms with E-state index in [1.807, 2.05) is 58.3 Å². The number of aryl methyl sites for hydroxylation is 2. The zero-order chi connectivity index (χ0) is 18.1. The van der Waals surface area contributed by atoms with Crippen molar-refractivity contribution in [3.63, 3.8) is 0 Å². The third-order valence-electron chi connectivity index (χ3n) is 4.43. The maximum absolute atomic E-state index is 12.6. The van der Waals surface area contributed by atoms with Crippen LogP contribution in [0.25, 0.3) is 11.0 Å². The van der Waals surface area contributed by atoms with E-state index >= 15 is 0 Å². The third kappa shape index (κ3) is 3.22. The lowest BCUT2D eigenvalue weighted by atomic mass is 10.1. The highest BCUT2D eigenvalue weighted by Crippen LogP contribution is 2.21. The molecular formula is C18H23N5O2. The molecule has 0 aliphatic rings. The second-order valence-corrected chi connectivity index (χ2v) is 6.23. The molecule has 0 spiro atoms. The van der Waals surface area contributed by atoms with E-state index in [4.69, 9.17) is 4.74 Å². The molecule has 3 rings (SSSR count). The number of ether oxygens (including phenoxy) is 1. The fourth-order valence-electron chi connectivity index (χ4n) is 2.85. The Labute approximate surface area is 146 Å². The zero-order valence-corrected chi connectivity index (χ0v) is 15.1. The summed E-state index contributed by atoms with van der Waals surface area (Å²) >= 11 is 0. The Kier molecular flexibility index (Phi) is 4.48. The number of nitrogens with one attached hydrogen (secondary N) is 1. The van der Waals surface area contributed by atoms with Gasteiger partial charge in [-0.15, -0.1) is 0 Å². The number of carbonyl (C=O) groups excluding carboxylic acids is 1. The minimum Gasteiger partial charge on any atom is -0.497 e. The van der Waals surface area contributed by atoms with Crippen LogP contribution >= 0.6 is 0 Å². The first-order valence-electron chi connectivity index (χ1n) is 8.23. The first-order valence-corrected chi connectivity index (χ1v) is 8.23. The van der Waals surface area contributed by atoms with E-state index in [0.29, 0.717) is 0 Å². The van der Waals surface area contributed by atoms with Gasteiger partial charge in [0.2, 0.25) is 5.91 Å². The average molecular weight is 341 g/mol. The second kappa shape index (κ2) is 6.58. The Hall–Kier alpha value is -2.83. The van der Waals surface area contributed by atoms with Crippen molar-refractivity contribution < 1.29 is 9.53 Å². The van der Waals surface area contributed by atoms with E-state index in [2.05, 4.69) is 15.5 Å². The number of carbonyl (C=O) groups is 1. The lowest BCUT2D eigenvalue weighted by Gasteiger charge is -2.18. The van der Waals surface area contributed by atoms with E-state index in [1.165, 1.54) is 0 Å². The molecule has 0 saturated carbocycles. The molecule has 2 aromatic heterocycles. The molecule has 1 aromatic carbocycles. The summed E-state index contributed by atoms with van der Waals surface area (Å²) in [6.07, 6.45) is 1.86. The fourth-order valence-corrected chi connectivity index (χ4v) is 2.85. The first kappa shape index (κ1) is 17.0. The van der Waals surface area contributed by atoms with Gasteiger partial charge in [0.25, 0.3) is 0 Å². The summed E-state index contributed by atoms with van der Waals surface area (Å²) in [5, 5.41) is 11.9. The highest BCUT2D eigenvalue weighted by atomic mass is 16.5. The Bertz CT molecular complexity index is 877. The average Bonchev–Trinajstić information content (AvgIpc) is 3.16. The molecule has 3 aromatic rings. The Balaban J connectivity index is 1.75. The van der Waals surface area contributed by atoms with Gasteiger partial charge >= 0.3 is 0 Å². The van der Waals surface area contributed by atoms with Crippen LogP contribution in [0.1, 0.15) is 37.2 Å². The number of amides is 1. The molecule has 7 nitrogen and oxygen atoms in total. The van der Waals surface area contributed by atoms with Crippen LogP contribution in [0, 0.1) is 6.92 Å². The lowest BCUT2D eigenvalue weighted by molar-refractivity contribution is -0.124. The SMILES string of the molecule is COc1cccc([C@@H](C)NC(=O)[C@@H](C)n2cc3c(n2)c(C)nn3C)c1. The van der Waals surface area contributed by atoms with Crippen molar-refractivity contribution in [2.24, 2.45) is 7.05 Å². The number of aromatic nitrogens is 4. The van der Waals surface area contributed by atoms with Crippen LogP contribution in [0.15, 0.2) is 30.5 Å². The molecule has 0 bridgehead atoms. The molecule has 0 aliphatic heterocycles. The lowest BCUT2D eigenvalue weighted by Crippen LogP contribution is -2.33. The van der Waals surface area contributed by atoms with Crippen LogP contribution in [-0.4, -0.2) is 32.6 Å². The predicted octanol–water partition coefficient (Wildman–Crippen LogP) is 2.53. The van der Waals surface area contributed by atoms with Crippen LogP contribution < -0.4 is 10.1 Å². The van der Waals surface area contributed by atoms with E-state index in [-0.39, 0.29) is 11.9 Å². The first-order chi connectivity index (χ1) is 11.9. The largest absolute Gasteiger partial charge is 0.497 e. The summed E-state index contributed by atoms with van der Waals surface area (Å²) < 4.78 is 8.70. The minimum absolute atomic E-state index is 0.0891. The maximum atomic E-state index is 12.6. The molecule has 0 radical (unpaired) electrons. The molecule has 7 heteroatoms. The topological polar surface area (TPSA) is 74.0 Å². The minimum atomic E-state index is -0.417. The summed E-state index contributed by atoms with van der Waals surface area (Å²) in [7, 11) is 3.50. The van der Waals surface area contributed by atoms with Gasteiger partial charge in [0, 0.05) is 7.05 Å². The summed E-state index contributed by atoms with van der Waals surface area (Å²) in [5.74, 6) is 0.682. The number of hydrogen-bond donors (Lipinski definition) is 1. The fraction of sp³-hybridized carbons (Fsp3) is 0.389. The zero-order valence-electron chi connectivity index (χ0n) is 15.1. The van der Waals surface area contributed by atoms with E-state index < -0.39 is 6.04 Å². The van der Waals surface area contributed by atoms with Gasteiger partial charge in [-0.25, -0.2) is 0 Å². The monoisotopic (exact) mass is 341 g/mol. The van der Waals surface area contributed by atoms with Gasteiger partial charge < -0.3 is 10.1 Å². The Morgan fingerprint density at radius 1 is 1.28 bits per heavy atom. The number of fused-ring (bicyclic) bond motifs is 1. The maximum Gasteiger partial charge on any atom is 0.245 e. The van der Waals surface area contributed by atoms with Crippen LogP contribution in [-0.2, 0) is 11.8 Å². The normalized spacial score (nSPS) is 13.6. The van der Waals surface area contributed by atoms with Crippen molar-refractivity contribution in [1.29, 1.82) is 0 Å². The number of rotatable bonds is 5. The Morgan fingerprint density at radius 2 is 2.04 bits per heavy atom. The number of benzene rings is 1. The van der Waals surface area contributed by atoms with Crippen LogP contribution in [0.4, 0.5) is 0 Å². The number of nitrogens with zero attached hydrogens (tertiary/aromatic N) is 4. The van der Waals surface area contributed by atoms with Crippen LogP contribution in [0.3, 0.4) is 0 Å². The van der Waals surface area contributed by atoms with Gasteiger partial charge in [-0.2, -0.15) is 10.2 Å². The van der Waals surface area contributed by atoms with Crippen molar-refractivity contribution in [3.8, 4) is 5.75 Å². The van der Waals surface area contributed by atoms with Crippen molar-refractivity contribution in [1.82, 2.24) is 24.9 Å². The molecule has 0 fully saturated rings. The van der Waals surface area contributed by atoms with Gasteiger partial charge in [0.05, 0.1) is 25.0 Å². The third-order valence-corrected chi connectivity index (χ3v) is 4.43. The molecule has 1 amide bonds.